The third kappa shape index (κ3) is 4.58. The molecule has 31 heavy (non-hydrogen) atoms. The molecule has 0 radical (unpaired) electrons. The first kappa shape index (κ1) is 20.6. The molecular formula is C23H24N4O4. The Kier molecular flexibility index (Phi) is 5.97. The lowest BCUT2D eigenvalue weighted by molar-refractivity contribution is -0.384. The van der Waals surface area contributed by atoms with Crippen molar-refractivity contribution in [3.8, 4) is 22.7 Å². The zero-order valence-electron chi connectivity index (χ0n) is 17.3. The molecule has 160 valence electrons. The molecule has 0 atom stereocenters. The lowest BCUT2D eigenvalue weighted by Gasteiger charge is -2.22. The predicted molar refractivity (Wildman–Crippen MR) is 117 cm³/mol. The summed E-state index contributed by atoms with van der Waals surface area (Å²) >= 11 is 0. The van der Waals surface area contributed by atoms with E-state index in [0.29, 0.717) is 22.8 Å². The lowest BCUT2D eigenvalue weighted by atomic mass is 9.95. The Morgan fingerprint density at radius 1 is 1.13 bits per heavy atom. The maximum atomic E-state index is 13.2. The van der Waals surface area contributed by atoms with Gasteiger partial charge in [-0.2, -0.15) is 5.10 Å². The number of hydrogen-bond acceptors (Lipinski definition) is 5. The number of rotatable bonds is 6. The molecule has 1 aromatic heterocycles. The molecule has 1 saturated carbocycles. The van der Waals surface area contributed by atoms with Crippen LogP contribution in [0, 0.1) is 10.1 Å². The average molecular weight is 420 g/mol. The Bertz CT molecular complexity index is 1100. The topological polar surface area (TPSA) is 99.3 Å². The second-order valence-corrected chi connectivity index (χ2v) is 7.64. The number of nitrogens with zero attached hydrogens (tertiary/aromatic N) is 3. The highest BCUT2D eigenvalue weighted by Gasteiger charge is 2.22. The van der Waals surface area contributed by atoms with Crippen LogP contribution in [0.5, 0.6) is 5.75 Å². The van der Waals surface area contributed by atoms with Gasteiger partial charge in [0.15, 0.2) is 0 Å². The zero-order valence-corrected chi connectivity index (χ0v) is 17.3. The number of nitrogens with one attached hydrogen (secondary N) is 1. The third-order valence-electron chi connectivity index (χ3n) is 5.53. The maximum Gasteiger partial charge on any atom is 0.271 e. The van der Waals surface area contributed by atoms with E-state index in [1.165, 1.54) is 23.2 Å². The van der Waals surface area contributed by atoms with Gasteiger partial charge in [-0.25, -0.2) is 4.68 Å². The number of non-ortho nitro benzene ring substituents is 1. The number of hydrogen-bond donors (Lipinski definition) is 1. The van der Waals surface area contributed by atoms with E-state index in [4.69, 9.17) is 4.74 Å². The molecule has 0 bridgehead atoms. The average Bonchev–Trinajstić information content (AvgIpc) is 3.26. The summed E-state index contributed by atoms with van der Waals surface area (Å²) < 4.78 is 6.77. The molecule has 1 heterocycles. The van der Waals surface area contributed by atoms with Crippen LogP contribution in [-0.4, -0.2) is 33.8 Å². The summed E-state index contributed by atoms with van der Waals surface area (Å²) in [5.41, 5.74) is 2.10. The van der Waals surface area contributed by atoms with Gasteiger partial charge < -0.3 is 10.1 Å². The molecule has 0 saturated heterocycles. The summed E-state index contributed by atoms with van der Waals surface area (Å²) in [5, 5.41) is 19.0. The highest BCUT2D eigenvalue weighted by atomic mass is 16.6. The van der Waals surface area contributed by atoms with Crippen molar-refractivity contribution < 1.29 is 14.5 Å². The van der Waals surface area contributed by atoms with Gasteiger partial charge in [0.05, 0.1) is 23.4 Å². The van der Waals surface area contributed by atoms with E-state index in [2.05, 4.69) is 10.4 Å². The van der Waals surface area contributed by atoms with Crippen molar-refractivity contribution in [3.63, 3.8) is 0 Å². The van der Waals surface area contributed by atoms with Crippen LogP contribution in [0.3, 0.4) is 0 Å². The molecule has 1 amide bonds. The van der Waals surface area contributed by atoms with Crippen LogP contribution in [0.25, 0.3) is 16.9 Å². The fourth-order valence-corrected chi connectivity index (χ4v) is 3.91. The molecule has 1 aliphatic carbocycles. The smallest absolute Gasteiger partial charge is 0.271 e. The first-order valence-electron chi connectivity index (χ1n) is 10.4. The van der Waals surface area contributed by atoms with Gasteiger partial charge in [-0.15, -0.1) is 0 Å². The van der Waals surface area contributed by atoms with Crippen molar-refractivity contribution in [1.82, 2.24) is 15.1 Å². The Hall–Kier alpha value is -3.68. The van der Waals surface area contributed by atoms with Crippen molar-refractivity contribution in [2.75, 3.05) is 7.11 Å². The van der Waals surface area contributed by atoms with Gasteiger partial charge in [0.2, 0.25) is 0 Å². The molecule has 4 rings (SSSR count). The van der Waals surface area contributed by atoms with Gasteiger partial charge in [-0.05, 0) is 37.1 Å². The number of nitro groups is 1. The first-order chi connectivity index (χ1) is 15.0. The molecule has 2 aromatic carbocycles. The van der Waals surface area contributed by atoms with Gasteiger partial charge in [-0.3, -0.25) is 14.9 Å². The molecule has 1 fully saturated rings. The van der Waals surface area contributed by atoms with Crippen LogP contribution in [-0.2, 0) is 0 Å². The van der Waals surface area contributed by atoms with E-state index in [9.17, 15) is 14.9 Å². The first-order valence-corrected chi connectivity index (χ1v) is 10.4. The number of benzene rings is 2. The molecule has 8 heteroatoms. The molecule has 3 aromatic rings. The van der Waals surface area contributed by atoms with Gasteiger partial charge in [-0.1, -0.05) is 37.5 Å². The second-order valence-electron chi connectivity index (χ2n) is 7.64. The molecular weight excluding hydrogens is 396 g/mol. The van der Waals surface area contributed by atoms with Crippen LogP contribution >= 0.6 is 0 Å². The summed E-state index contributed by atoms with van der Waals surface area (Å²) in [5.74, 6) is 0.440. The van der Waals surface area contributed by atoms with E-state index < -0.39 is 4.92 Å². The SMILES string of the molecule is COc1cccc(-c2cc(C(=O)NC3CCCCC3)n(-c3cccc([N+](=O)[O-])c3)n2)c1. The highest BCUT2D eigenvalue weighted by molar-refractivity contribution is 5.94. The van der Waals surface area contributed by atoms with Crippen molar-refractivity contribution >= 4 is 11.6 Å². The van der Waals surface area contributed by atoms with Gasteiger partial charge in [0, 0.05) is 23.7 Å². The van der Waals surface area contributed by atoms with Crippen LogP contribution in [0.1, 0.15) is 42.6 Å². The zero-order chi connectivity index (χ0) is 21.8. The molecule has 8 nitrogen and oxygen atoms in total. The highest BCUT2D eigenvalue weighted by Crippen LogP contribution is 2.27. The van der Waals surface area contributed by atoms with E-state index in [-0.39, 0.29) is 17.6 Å². The molecule has 1 aliphatic rings. The lowest BCUT2D eigenvalue weighted by Crippen LogP contribution is -2.37. The summed E-state index contributed by atoms with van der Waals surface area (Å²) in [6.45, 7) is 0. The monoisotopic (exact) mass is 420 g/mol. The number of carbonyl (C=O) groups is 1. The van der Waals surface area contributed by atoms with Crippen molar-refractivity contribution in [2.45, 2.75) is 38.1 Å². The van der Waals surface area contributed by atoms with Gasteiger partial charge >= 0.3 is 0 Å². The minimum atomic E-state index is -0.461. The van der Waals surface area contributed by atoms with Crippen LogP contribution in [0.15, 0.2) is 54.6 Å². The number of ether oxygens (including phenoxy) is 1. The normalized spacial score (nSPS) is 14.2. The molecule has 0 spiro atoms. The predicted octanol–water partition coefficient (Wildman–Crippen LogP) is 4.52. The largest absolute Gasteiger partial charge is 0.497 e. The summed E-state index contributed by atoms with van der Waals surface area (Å²) in [4.78, 5) is 23.9. The fraction of sp³-hybridized carbons (Fsp3) is 0.304. The van der Waals surface area contributed by atoms with Crippen LogP contribution in [0.2, 0.25) is 0 Å². The summed E-state index contributed by atoms with van der Waals surface area (Å²) in [6.07, 6.45) is 5.31. The number of methoxy groups -OCH3 is 1. The number of nitro benzene ring substituents is 1. The standard InChI is InChI=1S/C23H24N4O4/c1-31-20-12-5-7-16(13-20)21-15-22(23(28)24-17-8-3-2-4-9-17)26(25-21)18-10-6-11-19(14-18)27(29)30/h5-7,10-15,17H,2-4,8-9H2,1H3,(H,24,28). The molecule has 0 unspecified atom stereocenters. The van der Waals surface area contributed by atoms with Crippen LogP contribution in [0.4, 0.5) is 5.69 Å². The maximum absolute atomic E-state index is 13.2. The van der Waals surface area contributed by atoms with Crippen molar-refractivity contribution in [2.24, 2.45) is 0 Å². The third-order valence-corrected chi connectivity index (χ3v) is 5.53. The Labute approximate surface area is 180 Å². The number of amides is 1. The Morgan fingerprint density at radius 3 is 2.65 bits per heavy atom. The fourth-order valence-electron chi connectivity index (χ4n) is 3.91. The van der Waals surface area contributed by atoms with Crippen LogP contribution < -0.4 is 10.1 Å². The summed E-state index contributed by atoms with van der Waals surface area (Å²) in [7, 11) is 1.59. The van der Waals surface area contributed by atoms with Gasteiger partial charge in [0.1, 0.15) is 11.4 Å². The quantitative estimate of drug-likeness (QED) is 0.467. The second kappa shape index (κ2) is 8.99. The minimum absolute atomic E-state index is 0.0606. The Morgan fingerprint density at radius 2 is 1.90 bits per heavy atom. The van der Waals surface area contributed by atoms with E-state index >= 15 is 0 Å². The van der Waals surface area contributed by atoms with E-state index in [1.54, 1.807) is 25.3 Å². The minimum Gasteiger partial charge on any atom is -0.497 e. The van der Waals surface area contributed by atoms with Crippen molar-refractivity contribution in [1.29, 1.82) is 0 Å². The number of carbonyl (C=O) groups excluding carboxylic acids is 1. The molecule has 0 aliphatic heterocycles. The molecule has 1 N–H and O–H groups in total. The Balaban J connectivity index is 1.75. The van der Waals surface area contributed by atoms with Gasteiger partial charge in [0.25, 0.3) is 11.6 Å². The van der Waals surface area contributed by atoms with E-state index in [1.807, 2.05) is 24.3 Å². The number of aromatic nitrogens is 2. The van der Waals surface area contributed by atoms with E-state index in [0.717, 1.165) is 31.2 Å². The summed E-state index contributed by atoms with van der Waals surface area (Å²) in [6, 6.07) is 15.4. The van der Waals surface area contributed by atoms with Crippen molar-refractivity contribution in [3.05, 3.63) is 70.4 Å².